The summed E-state index contributed by atoms with van der Waals surface area (Å²) < 4.78 is 6.86. The third kappa shape index (κ3) is 4.12. The van der Waals surface area contributed by atoms with Crippen LogP contribution in [0.25, 0.3) is 11.5 Å². The molecule has 8 nitrogen and oxygen atoms in total. The van der Waals surface area contributed by atoms with E-state index in [-0.39, 0.29) is 11.7 Å². The van der Waals surface area contributed by atoms with E-state index in [4.69, 9.17) is 16.3 Å². The number of amides is 1. The Hall–Kier alpha value is -2.65. The fourth-order valence-electron chi connectivity index (χ4n) is 2.15. The van der Waals surface area contributed by atoms with E-state index in [0.29, 0.717) is 33.1 Å². The third-order valence-electron chi connectivity index (χ3n) is 3.40. The molecule has 1 amide bonds. The molecule has 0 aliphatic rings. The number of methoxy groups -OCH3 is 1. The largest absolute Gasteiger partial charge is 0.495 e. The highest BCUT2D eigenvalue weighted by Gasteiger charge is 2.14. The summed E-state index contributed by atoms with van der Waals surface area (Å²) in [5, 5.41) is 12.0. The molecule has 3 rings (SSSR count). The third-order valence-corrected chi connectivity index (χ3v) is 4.71. The summed E-state index contributed by atoms with van der Waals surface area (Å²) in [6.45, 7) is 0. The van der Waals surface area contributed by atoms with E-state index in [2.05, 4.69) is 25.5 Å². The molecule has 0 spiro atoms. The number of nitrogens with one attached hydrogen (secondary N) is 1. The zero-order valence-corrected chi connectivity index (χ0v) is 15.6. The minimum Gasteiger partial charge on any atom is -0.495 e. The minimum atomic E-state index is -0.180. The first-order valence-corrected chi connectivity index (χ1v) is 8.87. The zero-order valence-electron chi connectivity index (χ0n) is 14.0. The number of aromatic nitrogens is 5. The molecule has 3 aromatic rings. The maximum Gasteiger partial charge on any atom is 0.234 e. The van der Waals surface area contributed by atoms with Crippen LogP contribution in [0.5, 0.6) is 5.75 Å². The second-order valence-corrected chi connectivity index (χ2v) is 6.49. The summed E-state index contributed by atoms with van der Waals surface area (Å²) >= 11 is 7.33. The first-order valence-electron chi connectivity index (χ1n) is 7.50. The summed E-state index contributed by atoms with van der Waals surface area (Å²) in [6.07, 6.45) is 4.79. The van der Waals surface area contributed by atoms with Gasteiger partial charge in [-0.05, 0) is 18.2 Å². The molecule has 0 unspecified atom stereocenters. The number of anilines is 1. The van der Waals surface area contributed by atoms with E-state index in [1.54, 1.807) is 41.4 Å². The lowest BCUT2D eigenvalue weighted by atomic mass is 10.3. The molecule has 0 aliphatic carbocycles. The fourth-order valence-corrected chi connectivity index (χ4v) is 3.12. The summed E-state index contributed by atoms with van der Waals surface area (Å²) in [7, 11) is 3.35. The second-order valence-electron chi connectivity index (χ2n) is 5.14. The van der Waals surface area contributed by atoms with Crippen LogP contribution in [0.15, 0.2) is 41.9 Å². The van der Waals surface area contributed by atoms with Crippen LogP contribution in [0, 0.1) is 0 Å². The molecule has 0 fully saturated rings. The van der Waals surface area contributed by atoms with Crippen LogP contribution in [0.1, 0.15) is 0 Å². The van der Waals surface area contributed by atoms with Crippen molar-refractivity contribution >= 4 is 35.0 Å². The Morgan fingerprint density at radius 1 is 1.35 bits per heavy atom. The predicted molar refractivity (Wildman–Crippen MR) is 99.4 cm³/mol. The molecule has 0 bridgehead atoms. The molecular weight excluding hydrogens is 376 g/mol. The van der Waals surface area contributed by atoms with Crippen molar-refractivity contribution in [1.82, 2.24) is 24.7 Å². The average Bonchev–Trinajstić information content (AvgIpc) is 3.01. The Labute approximate surface area is 159 Å². The van der Waals surface area contributed by atoms with Gasteiger partial charge in [0.15, 0.2) is 11.0 Å². The van der Waals surface area contributed by atoms with Crippen LogP contribution < -0.4 is 10.1 Å². The van der Waals surface area contributed by atoms with Gasteiger partial charge in [-0.1, -0.05) is 23.4 Å². The molecule has 0 radical (unpaired) electrons. The molecular formula is C16H15ClN6O2S. The van der Waals surface area contributed by atoms with Crippen molar-refractivity contribution in [3.05, 3.63) is 41.8 Å². The van der Waals surface area contributed by atoms with Gasteiger partial charge in [0.25, 0.3) is 0 Å². The predicted octanol–water partition coefficient (Wildman–Crippen LogP) is 2.66. The van der Waals surface area contributed by atoms with Crippen molar-refractivity contribution in [3.63, 3.8) is 0 Å². The van der Waals surface area contributed by atoms with Gasteiger partial charge in [0.1, 0.15) is 11.4 Å². The fraction of sp³-hybridized carbons (Fsp3) is 0.188. The molecule has 0 saturated carbocycles. The number of rotatable bonds is 6. The Balaban J connectivity index is 1.62. The summed E-state index contributed by atoms with van der Waals surface area (Å²) in [5.74, 6) is 1.13. The van der Waals surface area contributed by atoms with Gasteiger partial charge in [0.05, 0.1) is 24.1 Å². The number of ether oxygens (including phenoxy) is 1. The van der Waals surface area contributed by atoms with Gasteiger partial charge in [0, 0.05) is 25.1 Å². The summed E-state index contributed by atoms with van der Waals surface area (Å²) in [4.78, 5) is 20.4. The Morgan fingerprint density at radius 3 is 2.88 bits per heavy atom. The topological polar surface area (TPSA) is 94.8 Å². The highest BCUT2D eigenvalue weighted by molar-refractivity contribution is 7.99. The van der Waals surface area contributed by atoms with Crippen molar-refractivity contribution < 1.29 is 9.53 Å². The zero-order chi connectivity index (χ0) is 18.5. The molecule has 0 atom stereocenters. The van der Waals surface area contributed by atoms with Crippen molar-refractivity contribution in [1.29, 1.82) is 0 Å². The smallest absolute Gasteiger partial charge is 0.234 e. The van der Waals surface area contributed by atoms with Gasteiger partial charge >= 0.3 is 0 Å². The molecule has 1 N–H and O–H groups in total. The average molecular weight is 391 g/mol. The standard InChI is InChI=1S/C16H15ClN6O2S/c1-23-15(12-8-18-5-6-19-12)21-22-16(23)26-9-14(24)20-10-3-4-13(25-2)11(17)7-10/h3-8H,9H2,1-2H3,(H,20,24). The molecule has 26 heavy (non-hydrogen) atoms. The molecule has 134 valence electrons. The first-order chi connectivity index (χ1) is 12.6. The Kier molecular flexibility index (Phi) is 5.69. The maximum atomic E-state index is 12.2. The van der Waals surface area contributed by atoms with Gasteiger partial charge in [-0.3, -0.25) is 9.78 Å². The maximum absolute atomic E-state index is 12.2. The first kappa shape index (κ1) is 18.2. The van der Waals surface area contributed by atoms with Gasteiger partial charge in [-0.25, -0.2) is 4.98 Å². The molecule has 0 saturated heterocycles. The number of thioether (sulfide) groups is 1. The number of hydrogen-bond acceptors (Lipinski definition) is 7. The van der Waals surface area contributed by atoms with E-state index in [1.807, 2.05) is 7.05 Å². The van der Waals surface area contributed by atoms with Crippen LogP contribution in [-0.2, 0) is 11.8 Å². The van der Waals surface area contributed by atoms with Crippen LogP contribution in [0.4, 0.5) is 5.69 Å². The quantitative estimate of drug-likeness (QED) is 0.646. The molecule has 2 heterocycles. The minimum absolute atomic E-state index is 0.177. The number of benzene rings is 1. The monoisotopic (exact) mass is 390 g/mol. The number of hydrogen-bond donors (Lipinski definition) is 1. The summed E-state index contributed by atoms with van der Waals surface area (Å²) in [5.41, 5.74) is 1.21. The van der Waals surface area contributed by atoms with Gasteiger partial charge in [-0.15, -0.1) is 10.2 Å². The van der Waals surface area contributed by atoms with Crippen LogP contribution in [0.3, 0.4) is 0 Å². The van der Waals surface area contributed by atoms with Crippen molar-refractivity contribution in [2.45, 2.75) is 5.16 Å². The van der Waals surface area contributed by atoms with Crippen molar-refractivity contribution in [2.75, 3.05) is 18.2 Å². The SMILES string of the molecule is COc1ccc(NC(=O)CSc2nnc(-c3cnccn3)n2C)cc1Cl. The Bertz CT molecular complexity index is 918. The van der Waals surface area contributed by atoms with E-state index in [0.717, 1.165) is 0 Å². The van der Waals surface area contributed by atoms with E-state index >= 15 is 0 Å². The highest BCUT2D eigenvalue weighted by atomic mass is 35.5. The number of halogens is 1. The second kappa shape index (κ2) is 8.15. The number of carbonyl (C=O) groups excluding carboxylic acids is 1. The molecule has 2 aromatic heterocycles. The lowest BCUT2D eigenvalue weighted by molar-refractivity contribution is -0.113. The van der Waals surface area contributed by atoms with Crippen molar-refractivity contribution in [3.8, 4) is 17.3 Å². The lowest BCUT2D eigenvalue weighted by Crippen LogP contribution is -2.14. The normalized spacial score (nSPS) is 10.6. The molecule has 10 heteroatoms. The van der Waals surface area contributed by atoms with E-state index < -0.39 is 0 Å². The lowest BCUT2D eigenvalue weighted by Gasteiger charge is -2.08. The van der Waals surface area contributed by atoms with Gasteiger partial charge in [0.2, 0.25) is 5.91 Å². The summed E-state index contributed by atoms with van der Waals surface area (Å²) in [6, 6.07) is 5.06. The van der Waals surface area contributed by atoms with Crippen molar-refractivity contribution in [2.24, 2.45) is 7.05 Å². The highest BCUT2D eigenvalue weighted by Crippen LogP contribution is 2.27. The Morgan fingerprint density at radius 2 is 2.19 bits per heavy atom. The van der Waals surface area contributed by atoms with Gasteiger partial charge < -0.3 is 14.6 Å². The van der Waals surface area contributed by atoms with Crippen LogP contribution in [-0.4, -0.2) is 43.5 Å². The van der Waals surface area contributed by atoms with Crippen LogP contribution in [0.2, 0.25) is 5.02 Å². The number of carbonyl (C=O) groups is 1. The van der Waals surface area contributed by atoms with E-state index in [1.165, 1.54) is 18.9 Å². The van der Waals surface area contributed by atoms with Crippen LogP contribution >= 0.6 is 23.4 Å². The van der Waals surface area contributed by atoms with E-state index in [9.17, 15) is 4.79 Å². The molecule has 0 aliphatic heterocycles. The molecule has 1 aromatic carbocycles. The van der Waals surface area contributed by atoms with Gasteiger partial charge in [-0.2, -0.15) is 0 Å². The number of nitrogens with zero attached hydrogens (tertiary/aromatic N) is 5.